The molecule has 1 aliphatic carbocycles. The molecule has 0 unspecified atom stereocenters. The molecule has 0 atom stereocenters. The molecule has 1 aliphatic rings. The maximum absolute atomic E-state index is 11.5. The van der Waals surface area contributed by atoms with Gasteiger partial charge in [-0.1, -0.05) is 12.1 Å². The van der Waals surface area contributed by atoms with Gasteiger partial charge in [-0.05, 0) is 12.1 Å². The van der Waals surface area contributed by atoms with E-state index in [1.54, 1.807) is 6.07 Å². The van der Waals surface area contributed by atoms with Gasteiger partial charge >= 0.3 is 177 Å². The fourth-order valence-corrected chi connectivity index (χ4v) is 5.26. The molecule has 1 N–H and O–H groups in total. The first-order valence-electron chi connectivity index (χ1n) is 11.0. The van der Waals surface area contributed by atoms with Crippen molar-refractivity contribution in [2.24, 2.45) is 0 Å². The van der Waals surface area contributed by atoms with Crippen molar-refractivity contribution in [3.63, 3.8) is 0 Å². The molecular formula is C28H24INNiO3S. The van der Waals surface area contributed by atoms with Crippen LogP contribution in [-0.2, 0) is 31.7 Å². The number of allylic oxidation sites excluding steroid dienone is 5. The Balaban J connectivity index is 1.67. The van der Waals surface area contributed by atoms with Gasteiger partial charge in [-0.3, -0.25) is 4.55 Å². The van der Waals surface area contributed by atoms with Crippen LogP contribution in [0.4, 0.5) is 5.69 Å². The number of hydrogen-bond donors (Lipinski definition) is 1. The normalized spacial score (nSPS) is 13.3. The summed E-state index contributed by atoms with van der Waals surface area (Å²) >= 11 is 7.30. The first-order chi connectivity index (χ1) is 16.7. The third-order valence-corrected chi connectivity index (χ3v) is 7.55. The fourth-order valence-electron chi connectivity index (χ4n) is 4.00. The molecule has 0 fully saturated rings. The molecule has 182 valence electrons. The van der Waals surface area contributed by atoms with Gasteiger partial charge in [0.05, 0.1) is 4.90 Å². The summed E-state index contributed by atoms with van der Waals surface area (Å²) in [5, 5.41) is 0. The molecule has 35 heavy (non-hydrogen) atoms. The average molecular weight is 640 g/mol. The van der Waals surface area contributed by atoms with Crippen molar-refractivity contribution in [2.45, 2.75) is 18.4 Å². The zero-order chi connectivity index (χ0) is 25.0. The van der Waals surface area contributed by atoms with Crippen LogP contribution >= 0.6 is 22.6 Å². The standard InChI is InChI=1S/C28H24INO3S.Ni/c1-2-30(20-21-8-6-13-27(18-21)34(31,32)33)26-16-14-23(15-17-26)28(22-9-4-3-5-10-22)24-11-7-12-25(29)19-24;/h4-19H,2,20H2,1H3,(H,31,32,33);. The molecule has 4 nitrogen and oxygen atoms in total. The van der Waals surface area contributed by atoms with Crippen LogP contribution < -0.4 is 4.90 Å². The van der Waals surface area contributed by atoms with E-state index in [1.165, 1.54) is 15.7 Å². The van der Waals surface area contributed by atoms with E-state index in [0.717, 1.165) is 44.6 Å². The number of rotatable bonds is 7. The van der Waals surface area contributed by atoms with Crippen molar-refractivity contribution in [3.05, 3.63) is 123 Å². The van der Waals surface area contributed by atoms with Crippen LogP contribution in [0.3, 0.4) is 0 Å². The summed E-state index contributed by atoms with van der Waals surface area (Å²) in [4.78, 5) is 2.06. The quantitative estimate of drug-likeness (QED) is 0.190. The van der Waals surface area contributed by atoms with Crippen LogP contribution in [0.15, 0.2) is 108 Å². The summed E-state index contributed by atoms with van der Waals surface area (Å²) < 4.78 is 34.4. The fraction of sp³-hybridized carbons (Fsp3) is 0.107. The van der Waals surface area contributed by atoms with Crippen molar-refractivity contribution in [1.82, 2.24) is 0 Å². The van der Waals surface area contributed by atoms with Crippen molar-refractivity contribution >= 4 is 48.5 Å². The van der Waals surface area contributed by atoms with Crippen LogP contribution in [-0.4, -0.2) is 24.0 Å². The van der Waals surface area contributed by atoms with E-state index < -0.39 is 10.1 Å². The minimum atomic E-state index is -4.23. The number of halogens is 1. The van der Waals surface area contributed by atoms with Crippen molar-refractivity contribution < 1.29 is 28.0 Å². The topological polar surface area (TPSA) is 57.6 Å². The van der Waals surface area contributed by atoms with Gasteiger partial charge in [0.15, 0.2) is 0 Å². The summed E-state index contributed by atoms with van der Waals surface area (Å²) in [6.07, 6.45) is 8.08. The predicted molar refractivity (Wildman–Crippen MR) is 148 cm³/mol. The third-order valence-electron chi connectivity index (χ3n) is 5.70. The summed E-state index contributed by atoms with van der Waals surface area (Å²) in [5.41, 5.74) is 6.31. The van der Waals surface area contributed by atoms with Gasteiger partial charge in [0.25, 0.3) is 10.1 Å². The summed E-state index contributed by atoms with van der Waals surface area (Å²) in [6, 6.07) is 23.3. The zero-order valence-electron chi connectivity index (χ0n) is 19.0. The third kappa shape index (κ3) is 6.47. The van der Waals surface area contributed by atoms with Gasteiger partial charge in [-0.25, -0.2) is 0 Å². The molecule has 0 bridgehead atoms. The Kier molecular flexibility index (Phi) is 8.22. The molecule has 0 amide bonds. The van der Waals surface area contributed by atoms with E-state index in [4.69, 9.17) is 15.0 Å². The Morgan fingerprint density at radius 3 is 2.23 bits per heavy atom. The van der Waals surface area contributed by atoms with Crippen LogP contribution in [0, 0.1) is 3.57 Å². The van der Waals surface area contributed by atoms with E-state index in [9.17, 15) is 13.0 Å². The van der Waals surface area contributed by atoms with Gasteiger partial charge in [-0.15, -0.1) is 0 Å². The van der Waals surface area contributed by atoms with Gasteiger partial charge in [0.1, 0.15) is 0 Å². The van der Waals surface area contributed by atoms with Crippen molar-refractivity contribution in [1.29, 1.82) is 0 Å². The maximum atomic E-state index is 11.5. The molecule has 4 rings (SSSR count). The van der Waals surface area contributed by atoms with Crippen LogP contribution in [0.2, 0.25) is 0 Å². The molecule has 0 heterocycles. The molecule has 0 saturated heterocycles. The second kappa shape index (κ2) is 11.2. The number of benzene rings is 3. The number of anilines is 1. The average Bonchev–Trinajstić information content (AvgIpc) is 2.84. The van der Waals surface area contributed by atoms with Gasteiger partial charge < -0.3 is 0 Å². The monoisotopic (exact) mass is 639 g/mol. The predicted octanol–water partition coefficient (Wildman–Crippen LogP) is 6.21. The van der Waals surface area contributed by atoms with Gasteiger partial charge in [-0.2, -0.15) is 8.42 Å². The summed E-state index contributed by atoms with van der Waals surface area (Å²) in [5.74, 6) is 0. The first-order valence-corrected chi connectivity index (χ1v) is 14.0. The molecular weight excluding hydrogens is 616 g/mol. The molecule has 0 spiro atoms. The Morgan fingerprint density at radius 1 is 0.914 bits per heavy atom. The van der Waals surface area contributed by atoms with Crippen LogP contribution in [0.1, 0.15) is 23.6 Å². The second-order valence-electron chi connectivity index (χ2n) is 8.04. The molecule has 0 saturated carbocycles. The van der Waals surface area contributed by atoms with E-state index in [-0.39, 0.29) is 4.90 Å². The van der Waals surface area contributed by atoms with Crippen molar-refractivity contribution in [3.8, 4) is 0 Å². The van der Waals surface area contributed by atoms with E-state index in [1.807, 2.05) is 18.2 Å². The Bertz CT molecular complexity index is 1440. The number of hydrogen-bond acceptors (Lipinski definition) is 3. The zero-order valence-corrected chi connectivity index (χ0v) is 22.9. The Hall–Kier alpha value is -2.32. The second-order valence-corrected chi connectivity index (χ2v) is 11.3. The molecule has 0 aromatic heterocycles. The Morgan fingerprint density at radius 2 is 1.60 bits per heavy atom. The Labute approximate surface area is 227 Å². The van der Waals surface area contributed by atoms with E-state index in [0.29, 0.717) is 6.54 Å². The van der Waals surface area contributed by atoms with Crippen molar-refractivity contribution in [2.75, 3.05) is 11.4 Å². The van der Waals surface area contributed by atoms with Gasteiger partial charge in [0.2, 0.25) is 0 Å². The van der Waals surface area contributed by atoms with E-state index in [2.05, 4.69) is 95.1 Å². The molecule has 0 radical (unpaired) electrons. The SMILES string of the molecule is CCN(Cc1cccc(S(=O)(=O)O)c1)c1ccc(C(=C2C=C[C](=[Ni])C=C2)c2cccc(I)c2)cc1. The van der Waals surface area contributed by atoms with Crippen LogP contribution in [0.25, 0.3) is 5.57 Å². The first kappa shape index (κ1) is 25.8. The summed E-state index contributed by atoms with van der Waals surface area (Å²) in [6.45, 7) is 3.32. The number of nitrogens with zero attached hydrogens (tertiary/aromatic N) is 1. The van der Waals surface area contributed by atoms with E-state index >= 15 is 0 Å². The molecule has 7 heteroatoms. The molecule has 3 aromatic carbocycles. The minimum absolute atomic E-state index is 0.0935. The molecule has 0 aliphatic heterocycles. The summed E-state index contributed by atoms with van der Waals surface area (Å²) in [7, 11) is -4.23. The van der Waals surface area contributed by atoms with Crippen LogP contribution in [0.5, 0.6) is 0 Å². The molecule has 3 aromatic rings. The van der Waals surface area contributed by atoms with Gasteiger partial charge in [0, 0.05) is 0 Å².